The first-order valence-corrected chi connectivity index (χ1v) is 7.17. The molecule has 1 aliphatic heterocycles. The molecule has 1 fully saturated rings. The number of nitrogens with one attached hydrogen (secondary N) is 1. The quantitative estimate of drug-likeness (QED) is 0.890. The van der Waals surface area contributed by atoms with Gasteiger partial charge in [-0.05, 0) is 31.0 Å². The zero-order valence-corrected chi connectivity index (χ0v) is 11.4. The Bertz CT molecular complexity index is 670. The molecule has 7 heteroatoms. The van der Waals surface area contributed by atoms with E-state index in [0.29, 0.717) is 18.7 Å². The molecule has 1 aromatic heterocycles. The number of aromatic nitrogens is 1. The van der Waals surface area contributed by atoms with Crippen molar-refractivity contribution in [3.05, 3.63) is 23.7 Å². The van der Waals surface area contributed by atoms with Gasteiger partial charge < -0.3 is 15.3 Å². The fourth-order valence-electron chi connectivity index (χ4n) is 2.39. The molecule has 0 spiro atoms. The smallest absolute Gasteiger partial charge is 0.326 e. The molecule has 0 saturated carbocycles. The number of anilines is 1. The lowest BCUT2D eigenvalue weighted by Crippen LogP contribution is -2.42. The summed E-state index contributed by atoms with van der Waals surface area (Å²) in [6.07, 6.45) is 1.23. The van der Waals surface area contributed by atoms with Gasteiger partial charge in [0.05, 0.1) is 15.7 Å². The van der Waals surface area contributed by atoms with Crippen molar-refractivity contribution < 1.29 is 14.7 Å². The topological polar surface area (TPSA) is 82.5 Å². The Morgan fingerprint density at radius 3 is 3.10 bits per heavy atom. The van der Waals surface area contributed by atoms with Crippen molar-refractivity contribution in [2.45, 2.75) is 18.9 Å². The van der Waals surface area contributed by atoms with Crippen LogP contribution in [-0.2, 0) is 4.79 Å². The summed E-state index contributed by atoms with van der Waals surface area (Å²) in [4.78, 5) is 28.8. The fraction of sp³-hybridized carbons (Fsp3) is 0.308. The minimum Gasteiger partial charge on any atom is -0.480 e. The van der Waals surface area contributed by atoms with Crippen molar-refractivity contribution in [2.75, 3.05) is 11.9 Å². The molecule has 0 radical (unpaired) electrons. The molecule has 2 aromatic rings. The first-order chi connectivity index (χ1) is 9.65. The van der Waals surface area contributed by atoms with Gasteiger partial charge in [-0.2, -0.15) is 0 Å². The third-order valence-corrected chi connectivity index (χ3v) is 4.17. The second-order valence-electron chi connectivity index (χ2n) is 4.65. The van der Waals surface area contributed by atoms with E-state index in [9.17, 15) is 9.59 Å². The van der Waals surface area contributed by atoms with Crippen LogP contribution in [0.3, 0.4) is 0 Å². The number of benzene rings is 1. The minimum atomic E-state index is -0.949. The summed E-state index contributed by atoms with van der Waals surface area (Å²) >= 11 is 1.50. The highest BCUT2D eigenvalue weighted by molar-refractivity contribution is 7.16. The van der Waals surface area contributed by atoms with Gasteiger partial charge >= 0.3 is 12.0 Å². The molecule has 6 nitrogen and oxygen atoms in total. The van der Waals surface area contributed by atoms with Crippen LogP contribution in [0.4, 0.5) is 10.5 Å². The van der Waals surface area contributed by atoms with Gasteiger partial charge in [0, 0.05) is 12.2 Å². The molecule has 1 atom stereocenters. The molecule has 0 aliphatic carbocycles. The van der Waals surface area contributed by atoms with E-state index in [1.165, 1.54) is 16.2 Å². The highest BCUT2D eigenvalue weighted by atomic mass is 32.1. The number of thiazole rings is 1. The third-order valence-electron chi connectivity index (χ3n) is 3.38. The lowest BCUT2D eigenvalue weighted by molar-refractivity contribution is -0.141. The molecule has 20 heavy (non-hydrogen) atoms. The molecule has 1 aromatic carbocycles. The Morgan fingerprint density at radius 1 is 1.45 bits per heavy atom. The van der Waals surface area contributed by atoms with Gasteiger partial charge in [0.25, 0.3) is 0 Å². The monoisotopic (exact) mass is 291 g/mol. The number of urea groups is 1. The zero-order chi connectivity index (χ0) is 14.1. The minimum absolute atomic E-state index is 0.362. The second kappa shape index (κ2) is 5.09. The van der Waals surface area contributed by atoms with Crippen molar-refractivity contribution in [1.82, 2.24) is 9.88 Å². The zero-order valence-electron chi connectivity index (χ0n) is 10.6. The van der Waals surface area contributed by atoms with Gasteiger partial charge in [0.2, 0.25) is 0 Å². The molecular weight excluding hydrogens is 278 g/mol. The molecule has 2 N–H and O–H groups in total. The van der Waals surface area contributed by atoms with Crippen LogP contribution in [0.15, 0.2) is 23.7 Å². The summed E-state index contributed by atoms with van der Waals surface area (Å²) in [7, 11) is 0. The molecule has 3 rings (SSSR count). The molecule has 1 aliphatic rings. The Morgan fingerprint density at radius 2 is 2.30 bits per heavy atom. The standard InChI is InChI=1S/C13H13N3O3S/c17-12(18)10-2-1-5-16(10)13(19)15-8-3-4-9-11(6-8)20-7-14-9/h3-4,6-7,10H,1-2,5H2,(H,15,19)(H,17,18). The Labute approximate surface area is 119 Å². The lowest BCUT2D eigenvalue weighted by atomic mass is 10.2. The highest BCUT2D eigenvalue weighted by Crippen LogP contribution is 2.23. The first-order valence-electron chi connectivity index (χ1n) is 6.29. The molecule has 2 amide bonds. The number of rotatable bonds is 2. The van der Waals surface area contributed by atoms with Crippen LogP contribution in [0.25, 0.3) is 10.2 Å². The fourth-order valence-corrected chi connectivity index (χ4v) is 3.11. The van der Waals surface area contributed by atoms with Gasteiger partial charge in [0.1, 0.15) is 6.04 Å². The van der Waals surface area contributed by atoms with E-state index < -0.39 is 12.0 Å². The number of carbonyl (C=O) groups excluding carboxylic acids is 1. The number of likely N-dealkylation sites (tertiary alicyclic amines) is 1. The number of hydrogen-bond acceptors (Lipinski definition) is 4. The average Bonchev–Trinajstić information content (AvgIpc) is 3.06. The average molecular weight is 291 g/mol. The number of carboxylic acid groups (broad SMARTS) is 1. The van der Waals surface area contributed by atoms with Gasteiger partial charge in [-0.15, -0.1) is 11.3 Å². The summed E-state index contributed by atoms with van der Waals surface area (Å²) in [6.45, 7) is 0.478. The number of nitrogens with zero attached hydrogens (tertiary/aromatic N) is 2. The molecular formula is C13H13N3O3S. The van der Waals surface area contributed by atoms with Crippen molar-refractivity contribution in [3.8, 4) is 0 Å². The van der Waals surface area contributed by atoms with Gasteiger partial charge in [-0.25, -0.2) is 14.6 Å². The van der Waals surface area contributed by atoms with E-state index in [4.69, 9.17) is 5.11 Å². The van der Waals surface area contributed by atoms with Crippen molar-refractivity contribution in [1.29, 1.82) is 0 Å². The molecule has 1 unspecified atom stereocenters. The number of aliphatic carboxylic acids is 1. The number of amides is 2. The largest absolute Gasteiger partial charge is 0.480 e. The Kier molecular flexibility index (Phi) is 3.27. The van der Waals surface area contributed by atoms with Crippen molar-refractivity contribution in [3.63, 3.8) is 0 Å². The third kappa shape index (κ3) is 2.32. The maximum Gasteiger partial charge on any atom is 0.326 e. The predicted octanol–water partition coefficient (Wildman–Crippen LogP) is 2.38. The van der Waals surface area contributed by atoms with Crippen molar-refractivity contribution >= 4 is 39.2 Å². The maximum atomic E-state index is 12.1. The van der Waals surface area contributed by atoms with E-state index in [-0.39, 0.29) is 6.03 Å². The van der Waals surface area contributed by atoms with Crippen LogP contribution >= 0.6 is 11.3 Å². The van der Waals surface area contributed by atoms with Crippen LogP contribution in [0.2, 0.25) is 0 Å². The SMILES string of the molecule is O=C(O)C1CCCN1C(=O)Nc1ccc2ncsc2c1. The van der Waals surface area contributed by atoms with Gasteiger partial charge in [-0.3, -0.25) is 0 Å². The highest BCUT2D eigenvalue weighted by Gasteiger charge is 2.33. The van der Waals surface area contributed by atoms with E-state index in [1.54, 1.807) is 11.6 Å². The van der Waals surface area contributed by atoms with Crippen LogP contribution in [0, 0.1) is 0 Å². The Hall–Kier alpha value is -2.15. The van der Waals surface area contributed by atoms with Crippen LogP contribution in [0.1, 0.15) is 12.8 Å². The number of carboxylic acids is 1. The van der Waals surface area contributed by atoms with Gasteiger partial charge in [-0.1, -0.05) is 0 Å². The maximum absolute atomic E-state index is 12.1. The summed E-state index contributed by atoms with van der Waals surface area (Å²) in [5.74, 6) is -0.949. The molecule has 0 bridgehead atoms. The second-order valence-corrected chi connectivity index (χ2v) is 5.54. The molecule has 2 heterocycles. The lowest BCUT2D eigenvalue weighted by Gasteiger charge is -2.21. The van der Waals surface area contributed by atoms with Gasteiger partial charge in [0.15, 0.2) is 0 Å². The van der Waals surface area contributed by atoms with Crippen molar-refractivity contribution in [2.24, 2.45) is 0 Å². The van der Waals surface area contributed by atoms with E-state index in [2.05, 4.69) is 10.3 Å². The number of hydrogen-bond donors (Lipinski definition) is 2. The van der Waals surface area contributed by atoms with E-state index in [1.807, 2.05) is 12.1 Å². The van der Waals surface area contributed by atoms with Crippen LogP contribution < -0.4 is 5.32 Å². The summed E-state index contributed by atoms with van der Waals surface area (Å²) in [5, 5.41) is 11.8. The molecule has 104 valence electrons. The first kappa shape index (κ1) is 12.9. The summed E-state index contributed by atoms with van der Waals surface area (Å²) < 4.78 is 0.985. The molecule has 1 saturated heterocycles. The normalized spacial score (nSPS) is 18.4. The van der Waals surface area contributed by atoms with E-state index >= 15 is 0 Å². The van der Waals surface area contributed by atoms with E-state index in [0.717, 1.165) is 16.6 Å². The van der Waals surface area contributed by atoms with Crippen LogP contribution in [-0.4, -0.2) is 39.6 Å². The number of fused-ring (bicyclic) bond motifs is 1. The summed E-state index contributed by atoms with van der Waals surface area (Å²) in [6, 6.07) is 4.36. The Balaban J connectivity index is 1.76. The van der Waals surface area contributed by atoms with Crippen LogP contribution in [0.5, 0.6) is 0 Å². The predicted molar refractivity (Wildman–Crippen MR) is 76.0 cm³/mol. The number of carbonyl (C=O) groups is 2. The summed E-state index contributed by atoms with van der Waals surface area (Å²) in [5.41, 5.74) is 3.29.